The second kappa shape index (κ2) is 4.47. The van der Waals surface area contributed by atoms with Gasteiger partial charge in [0.25, 0.3) is 0 Å². The average molecular weight is 219 g/mol. The molecular formula is C12H17N3O. The van der Waals surface area contributed by atoms with Crippen molar-refractivity contribution in [3.63, 3.8) is 0 Å². The number of nitrogens with one attached hydrogen (secondary N) is 1. The highest BCUT2D eigenvalue weighted by Gasteiger charge is 2.40. The normalized spacial score (nSPS) is 32.1. The molecule has 1 aromatic rings. The molecule has 2 aliphatic rings. The standard InChI is InChI=1S/C12H17N3O/c1-2-12-10(3-11(1)16-12)7-13-4-9-5-14-8-15-6-9/h5-6,8,10-13H,1-4,7H2. The van der Waals surface area contributed by atoms with Crippen molar-refractivity contribution in [3.8, 4) is 0 Å². The Kier molecular flexibility index (Phi) is 2.84. The Morgan fingerprint density at radius 3 is 2.88 bits per heavy atom. The van der Waals surface area contributed by atoms with E-state index in [4.69, 9.17) is 4.74 Å². The van der Waals surface area contributed by atoms with Crippen molar-refractivity contribution < 1.29 is 4.74 Å². The smallest absolute Gasteiger partial charge is 0.115 e. The number of nitrogens with zero attached hydrogens (tertiary/aromatic N) is 2. The van der Waals surface area contributed by atoms with E-state index in [2.05, 4.69) is 15.3 Å². The van der Waals surface area contributed by atoms with Crippen LogP contribution in [0.25, 0.3) is 0 Å². The zero-order chi connectivity index (χ0) is 10.8. The van der Waals surface area contributed by atoms with E-state index in [-0.39, 0.29) is 0 Å². The van der Waals surface area contributed by atoms with Gasteiger partial charge in [0, 0.05) is 37.0 Å². The van der Waals surface area contributed by atoms with Gasteiger partial charge >= 0.3 is 0 Å². The minimum absolute atomic E-state index is 0.518. The Labute approximate surface area is 95.4 Å². The number of aromatic nitrogens is 2. The third-order valence-electron chi connectivity index (χ3n) is 3.58. The number of fused-ring (bicyclic) bond motifs is 2. The van der Waals surface area contributed by atoms with Crippen LogP contribution in [0, 0.1) is 5.92 Å². The highest BCUT2D eigenvalue weighted by molar-refractivity contribution is 5.01. The van der Waals surface area contributed by atoms with Gasteiger partial charge in [-0.25, -0.2) is 9.97 Å². The molecule has 4 heteroatoms. The van der Waals surface area contributed by atoms with Gasteiger partial charge in [0.2, 0.25) is 0 Å². The molecule has 2 saturated heterocycles. The van der Waals surface area contributed by atoms with Crippen molar-refractivity contribution in [2.75, 3.05) is 6.54 Å². The van der Waals surface area contributed by atoms with Gasteiger partial charge in [0.05, 0.1) is 12.2 Å². The SMILES string of the molecule is c1ncc(CNCC2CC3CCC2O3)cn1. The molecule has 0 aromatic carbocycles. The van der Waals surface area contributed by atoms with Crippen LogP contribution in [0.2, 0.25) is 0 Å². The predicted molar refractivity (Wildman–Crippen MR) is 59.7 cm³/mol. The molecule has 16 heavy (non-hydrogen) atoms. The Morgan fingerprint density at radius 1 is 1.31 bits per heavy atom. The van der Waals surface area contributed by atoms with Gasteiger partial charge in [-0.3, -0.25) is 0 Å². The van der Waals surface area contributed by atoms with Crippen molar-refractivity contribution in [2.24, 2.45) is 5.92 Å². The van der Waals surface area contributed by atoms with Crippen molar-refractivity contribution in [2.45, 2.75) is 38.0 Å². The van der Waals surface area contributed by atoms with Crippen LogP contribution in [0.5, 0.6) is 0 Å². The lowest BCUT2D eigenvalue weighted by Crippen LogP contribution is -2.29. The topological polar surface area (TPSA) is 47.0 Å². The summed E-state index contributed by atoms with van der Waals surface area (Å²) in [6.07, 6.45) is 10.1. The summed E-state index contributed by atoms with van der Waals surface area (Å²) in [5, 5.41) is 3.47. The van der Waals surface area contributed by atoms with Gasteiger partial charge in [0.1, 0.15) is 6.33 Å². The van der Waals surface area contributed by atoms with Crippen LogP contribution in [-0.4, -0.2) is 28.7 Å². The van der Waals surface area contributed by atoms with Gasteiger partial charge in [-0.1, -0.05) is 0 Å². The molecule has 1 N–H and O–H groups in total. The summed E-state index contributed by atoms with van der Waals surface area (Å²) in [5.74, 6) is 0.711. The van der Waals surface area contributed by atoms with Gasteiger partial charge in [-0.2, -0.15) is 0 Å². The summed E-state index contributed by atoms with van der Waals surface area (Å²) in [5.41, 5.74) is 1.14. The Balaban J connectivity index is 1.44. The summed E-state index contributed by atoms with van der Waals surface area (Å²) in [4.78, 5) is 7.99. The lowest BCUT2D eigenvalue weighted by Gasteiger charge is -2.18. The zero-order valence-corrected chi connectivity index (χ0v) is 9.30. The molecule has 0 amide bonds. The first kappa shape index (κ1) is 10.2. The summed E-state index contributed by atoms with van der Waals surface area (Å²) >= 11 is 0. The molecule has 2 bridgehead atoms. The zero-order valence-electron chi connectivity index (χ0n) is 9.30. The lowest BCUT2D eigenvalue weighted by molar-refractivity contribution is 0.0924. The molecule has 1 aromatic heterocycles. The van der Waals surface area contributed by atoms with E-state index in [0.717, 1.165) is 18.7 Å². The monoisotopic (exact) mass is 219 g/mol. The quantitative estimate of drug-likeness (QED) is 0.824. The first-order valence-corrected chi connectivity index (χ1v) is 6.02. The summed E-state index contributed by atoms with van der Waals surface area (Å²) < 4.78 is 5.82. The van der Waals surface area contributed by atoms with Crippen LogP contribution in [0.3, 0.4) is 0 Å². The fraction of sp³-hybridized carbons (Fsp3) is 0.667. The third-order valence-corrected chi connectivity index (χ3v) is 3.58. The van der Waals surface area contributed by atoms with E-state index in [1.165, 1.54) is 19.3 Å². The van der Waals surface area contributed by atoms with Gasteiger partial charge in [-0.05, 0) is 19.3 Å². The van der Waals surface area contributed by atoms with Crippen LogP contribution < -0.4 is 5.32 Å². The Hall–Kier alpha value is -1.00. The van der Waals surface area contributed by atoms with Crippen molar-refractivity contribution in [3.05, 3.63) is 24.3 Å². The van der Waals surface area contributed by atoms with Crippen LogP contribution in [0.15, 0.2) is 18.7 Å². The van der Waals surface area contributed by atoms with Crippen LogP contribution in [-0.2, 0) is 11.3 Å². The molecule has 2 aliphatic heterocycles. The second-order valence-electron chi connectivity index (χ2n) is 4.75. The maximum Gasteiger partial charge on any atom is 0.115 e. The average Bonchev–Trinajstić information content (AvgIpc) is 2.92. The van der Waals surface area contributed by atoms with E-state index in [1.54, 1.807) is 6.33 Å². The largest absolute Gasteiger partial charge is 0.375 e. The van der Waals surface area contributed by atoms with Crippen molar-refractivity contribution in [1.29, 1.82) is 0 Å². The molecule has 0 radical (unpaired) electrons. The van der Waals surface area contributed by atoms with Crippen LogP contribution >= 0.6 is 0 Å². The molecule has 3 rings (SSSR count). The predicted octanol–water partition coefficient (Wildman–Crippen LogP) is 1.13. The maximum atomic E-state index is 5.82. The fourth-order valence-corrected chi connectivity index (χ4v) is 2.78. The Bertz CT molecular complexity index is 343. The van der Waals surface area contributed by atoms with E-state index in [9.17, 15) is 0 Å². The number of hydrogen-bond acceptors (Lipinski definition) is 4. The highest BCUT2D eigenvalue weighted by Crippen LogP contribution is 2.38. The van der Waals surface area contributed by atoms with E-state index in [0.29, 0.717) is 18.1 Å². The molecule has 3 heterocycles. The van der Waals surface area contributed by atoms with Crippen LogP contribution in [0.1, 0.15) is 24.8 Å². The lowest BCUT2D eigenvalue weighted by atomic mass is 9.89. The number of hydrogen-bond donors (Lipinski definition) is 1. The molecule has 86 valence electrons. The van der Waals surface area contributed by atoms with E-state index in [1.807, 2.05) is 12.4 Å². The minimum atomic E-state index is 0.518. The molecule has 3 unspecified atom stereocenters. The van der Waals surface area contributed by atoms with E-state index < -0.39 is 0 Å². The maximum absolute atomic E-state index is 5.82. The third kappa shape index (κ3) is 2.08. The Morgan fingerprint density at radius 2 is 2.19 bits per heavy atom. The minimum Gasteiger partial charge on any atom is -0.375 e. The first-order chi connectivity index (χ1) is 7.92. The first-order valence-electron chi connectivity index (χ1n) is 6.02. The van der Waals surface area contributed by atoms with Gasteiger partial charge < -0.3 is 10.1 Å². The molecule has 4 nitrogen and oxygen atoms in total. The van der Waals surface area contributed by atoms with Crippen LogP contribution in [0.4, 0.5) is 0 Å². The van der Waals surface area contributed by atoms with Crippen molar-refractivity contribution in [1.82, 2.24) is 15.3 Å². The summed E-state index contributed by atoms with van der Waals surface area (Å²) in [6.45, 7) is 1.91. The number of rotatable bonds is 4. The molecule has 3 atom stereocenters. The van der Waals surface area contributed by atoms with Gasteiger partial charge in [0.15, 0.2) is 0 Å². The molecule has 0 saturated carbocycles. The van der Waals surface area contributed by atoms with Crippen molar-refractivity contribution >= 4 is 0 Å². The summed E-state index contributed by atoms with van der Waals surface area (Å²) in [6, 6.07) is 0. The molecule has 2 fully saturated rings. The van der Waals surface area contributed by atoms with E-state index >= 15 is 0 Å². The molecular weight excluding hydrogens is 202 g/mol. The number of ether oxygens (including phenoxy) is 1. The second-order valence-corrected chi connectivity index (χ2v) is 4.75. The molecule has 0 spiro atoms. The van der Waals surface area contributed by atoms with Gasteiger partial charge in [-0.15, -0.1) is 0 Å². The highest BCUT2D eigenvalue weighted by atomic mass is 16.5. The summed E-state index contributed by atoms with van der Waals surface area (Å²) in [7, 11) is 0. The fourth-order valence-electron chi connectivity index (χ4n) is 2.78. The molecule has 0 aliphatic carbocycles.